The lowest BCUT2D eigenvalue weighted by Crippen LogP contribution is -2.31. The van der Waals surface area contributed by atoms with Gasteiger partial charge in [0.2, 0.25) is 5.95 Å². The van der Waals surface area contributed by atoms with E-state index in [1.54, 1.807) is 30.0 Å². The molecule has 10 nitrogen and oxygen atoms in total. The second kappa shape index (κ2) is 10.9. The van der Waals surface area contributed by atoms with Crippen LogP contribution in [0.1, 0.15) is 6.42 Å². The number of ether oxygens (including phenoxy) is 1. The minimum atomic E-state index is -1.09. The number of methoxy groups -OCH3 is 1. The average molecular weight is 551 g/mol. The van der Waals surface area contributed by atoms with Crippen LogP contribution in [0.15, 0.2) is 61.3 Å². The topological polar surface area (TPSA) is 99.9 Å². The lowest BCUT2D eigenvalue weighted by Gasteiger charge is -2.25. The van der Waals surface area contributed by atoms with Gasteiger partial charge in [-0.25, -0.2) is 18.9 Å². The van der Waals surface area contributed by atoms with Crippen molar-refractivity contribution in [3.63, 3.8) is 0 Å². The fourth-order valence-electron chi connectivity index (χ4n) is 4.62. The summed E-state index contributed by atoms with van der Waals surface area (Å²) in [5.41, 5.74) is 3.66. The molecule has 4 aromatic rings. The molecule has 2 N–H and O–H groups in total. The standard InChI is InChI=1S/C27H28ClFN8O2/c1-16(29)26(38)32-20-11-21(24(39-4)12-23(20)36-10-8-17(15-36)35(2)3)33-27-30-14-19(28)25(34-27)18-13-31-37-9-6-5-7-22(18)37/h5-7,9,11-14,17H,1,8,10,15H2,2-4H3,(H,32,38)(H,30,33,34)/t17-/m0/s1. The van der Waals surface area contributed by atoms with Crippen LogP contribution in [0.5, 0.6) is 5.75 Å². The summed E-state index contributed by atoms with van der Waals surface area (Å²) in [6.45, 7) is 4.63. The van der Waals surface area contributed by atoms with E-state index in [0.29, 0.717) is 39.6 Å². The predicted octanol–water partition coefficient (Wildman–Crippen LogP) is 4.76. The maximum absolute atomic E-state index is 13.7. The summed E-state index contributed by atoms with van der Waals surface area (Å²) < 4.78 is 21.1. The van der Waals surface area contributed by atoms with Crippen molar-refractivity contribution in [2.45, 2.75) is 12.5 Å². The highest BCUT2D eigenvalue weighted by molar-refractivity contribution is 6.33. The van der Waals surface area contributed by atoms with E-state index in [1.165, 1.54) is 6.20 Å². The zero-order chi connectivity index (χ0) is 27.7. The Labute approximate surface area is 230 Å². The summed E-state index contributed by atoms with van der Waals surface area (Å²) in [6, 6.07) is 9.52. The Kier molecular flexibility index (Phi) is 7.36. The number of hydrogen-bond donors (Lipinski definition) is 2. The van der Waals surface area contributed by atoms with E-state index in [0.717, 1.165) is 30.6 Å². The van der Waals surface area contributed by atoms with Crippen molar-refractivity contribution < 1.29 is 13.9 Å². The summed E-state index contributed by atoms with van der Waals surface area (Å²) in [5.74, 6) is -1.27. The van der Waals surface area contributed by atoms with Gasteiger partial charge in [0.15, 0.2) is 5.83 Å². The molecule has 1 aliphatic rings. The summed E-state index contributed by atoms with van der Waals surface area (Å²) in [4.78, 5) is 25.6. The summed E-state index contributed by atoms with van der Waals surface area (Å²) in [6.07, 6.45) is 5.98. The van der Waals surface area contributed by atoms with Crippen LogP contribution in [0.3, 0.4) is 0 Å². The summed E-state index contributed by atoms with van der Waals surface area (Å²) >= 11 is 6.47. The number of rotatable bonds is 8. The SMILES string of the molecule is C=C(F)C(=O)Nc1cc(Nc2ncc(Cl)c(-c3cnn4ccccc34)n2)c(OC)cc1N1CC[C@H](N(C)C)C1. The molecular weight excluding hydrogens is 523 g/mol. The Morgan fingerprint density at radius 2 is 2.08 bits per heavy atom. The number of aromatic nitrogens is 4. The van der Waals surface area contributed by atoms with E-state index < -0.39 is 11.7 Å². The summed E-state index contributed by atoms with van der Waals surface area (Å²) in [5, 5.41) is 10.5. The second-order valence-electron chi connectivity index (χ2n) is 9.38. The number of amides is 1. The molecule has 0 unspecified atom stereocenters. The van der Waals surface area contributed by atoms with Gasteiger partial charge < -0.3 is 25.2 Å². The molecule has 3 aromatic heterocycles. The number of benzene rings is 1. The fraction of sp³-hybridized carbons (Fsp3) is 0.259. The zero-order valence-electron chi connectivity index (χ0n) is 21.8. The van der Waals surface area contributed by atoms with E-state index in [1.807, 2.05) is 38.5 Å². The third-order valence-corrected chi connectivity index (χ3v) is 7.00. The maximum Gasteiger partial charge on any atom is 0.283 e. The largest absolute Gasteiger partial charge is 0.494 e. The van der Waals surface area contributed by atoms with Crippen molar-refractivity contribution in [2.24, 2.45) is 0 Å². The van der Waals surface area contributed by atoms with Crippen LogP contribution in [0.2, 0.25) is 5.02 Å². The molecule has 1 fully saturated rings. The lowest BCUT2D eigenvalue weighted by atomic mass is 10.2. The average Bonchev–Trinajstić information content (AvgIpc) is 3.58. The quantitative estimate of drug-likeness (QED) is 0.303. The smallest absolute Gasteiger partial charge is 0.283 e. The summed E-state index contributed by atoms with van der Waals surface area (Å²) in [7, 11) is 5.61. The fourth-order valence-corrected chi connectivity index (χ4v) is 4.82. The van der Waals surface area contributed by atoms with Crippen molar-refractivity contribution in [3.05, 3.63) is 66.4 Å². The Balaban J connectivity index is 1.53. The molecule has 39 heavy (non-hydrogen) atoms. The van der Waals surface area contributed by atoms with E-state index in [9.17, 15) is 9.18 Å². The van der Waals surface area contributed by atoms with Crippen LogP contribution in [-0.4, -0.2) is 70.7 Å². The number of nitrogens with zero attached hydrogens (tertiary/aromatic N) is 6. The Morgan fingerprint density at radius 1 is 1.26 bits per heavy atom. The molecule has 4 heterocycles. The van der Waals surface area contributed by atoms with E-state index in [4.69, 9.17) is 16.3 Å². The number of anilines is 4. The van der Waals surface area contributed by atoms with E-state index in [2.05, 4.69) is 42.1 Å². The minimum Gasteiger partial charge on any atom is -0.494 e. The molecule has 0 bridgehead atoms. The molecule has 1 saturated heterocycles. The molecule has 1 atom stereocenters. The van der Waals surface area contributed by atoms with Crippen LogP contribution >= 0.6 is 11.6 Å². The lowest BCUT2D eigenvalue weighted by molar-refractivity contribution is -0.114. The first-order valence-corrected chi connectivity index (χ1v) is 12.6. The highest BCUT2D eigenvalue weighted by Crippen LogP contribution is 2.40. The second-order valence-corrected chi connectivity index (χ2v) is 9.79. The maximum atomic E-state index is 13.7. The van der Waals surface area contributed by atoms with Crippen molar-refractivity contribution in [3.8, 4) is 17.0 Å². The van der Waals surface area contributed by atoms with Gasteiger partial charge in [-0.1, -0.05) is 24.2 Å². The van der Waals surface area contributed by atoms with Gasteiger partial charge in [0.1, 0.15) is 5.75 Å². The molecule has 1 aliphatic heterocycles. The molecule has 5 rings (SSSR count). The number of halogens is 2. The number of fused-ring (bicyclic) bond motifs is 1. The number of likely N-dealkylation sites (N-methyl/N-ethyl adjacent to an activating group) is 1. The minimum absolute atomic E-state index is 0.247. The van der Waals surface area contributed by atoms with Crippen LogP contribution in [0, 0.1) is 0 Å². The number of carbonyl (C=O) groups excluding carboxylic acids is 1. The van der Waals surface area contributed by atoms with Gasteiger partial charge in [0.05, 0.1) is 52.8 Å². The Bertz CT molecular complexity index is 1560. The number of hydrogen-bond acceptors (Lipinski definition) is 8. The molecule has 0 radical (unpaired) electrons. The van der Waals surface area contributed by atoms with Crippen LogP contribution in [0.4, 0.5) is 27.4 Å². The first kappa shape index (κ1) is 26.4. The van der Waals surface area contributed by atoms with Gasteiger partial charge in [-0.2, -0.15) is 5.10 Å². The van der Waals surface area contributed by atoms with Gasteiger partial charge in [-0.05, 0) is 38.7 Å². The molecule has 1 aromatic carbocycles. The molecular formula is C27H28ClFN8O2. The van der Waals surface area contributed by atoms with Crippen LogP contribution < -0.4 is 20.3 Å². The van der Waals surface area contributed by atoms with Crippen molar-refractivity contribution in [1.82, 2.24) is 24.5 Å². The first-order chi connectivity index (χ1) is 18.7. The Hall–Kier alpha value is -4.22. The molecule has 0 saturated carbocycles. The molecule has 0 aliphatic carbocycles. The molecule has 202 valence electrons. The van der Waals surface area contributed by atoms with Gasteiger partial charge in [-0.15, -0.1) is 0 Å². The van der Waals surface area contributed by atoms with E-state index in [-0.39, 0.29) is 5.95 Å². The van der Waals surface area contributed by atoms with Gasteiger partial charge in [0.25, 0.3) is 5.91 Å². The van der Waals surface area contributed by atoms with Gasteiger partial charge >= 0.3 is 0 Å². The third-order valence-electron chi connectivity index (χ3n) is 6.72. The van der Waals surface area contributed by atoms with Crippen molar-refractivity contribution in [2.75, 3.05) is 49.8 Å². The normalized spacial score (nSPS) is 15.1. The van der Waals surface area contributed by atoms with Crippen LogP contribution in [-0.2, 0) is 4.79 Å². The van der Waals surface area contributed by atoms with Gasteiger partial charge in [0, 0.05) is 37.0 Å². The van der Waals surface area contributed by atoms with Gasteiger partial charge in [-0.3, -0.25) is 4.79 Å². The molecule has 0 spiro atoms. The third kappa shape index (κ3) is 5.36. The zero-order valence-corrected chi connectivity index (χ0v) is 22.5. The predicted molar refractivity (Wildman–Crippen MR) is 151 cm³/mol. The highest BCUT2D eigenvalue weighted by Gasteiger charge is 2.27. The van der Waals surface area contributed by atoms with Crippen molar-refractivity contribution in [1.29, 1.82) is 0 Å². The number of pyridine rings is 1. The highest BCUT2D eigenvalue weighted by atomic mass is 35.5. The molecule has 12 heteroatoms. The van der Waals surface area contributed by atoms with Crippen molar-refractivity contribution >= 4 is 46.0 Å². The monoisotopic (exact) mass is 550 g/mol. The first-order valence-electron chi connectivity index (χ1n) is 12.3. The van der Waals surface area contributed by atoms with Crippen LogP contribution in [0.25, 0.3) is 16.8 Å². The number of carbonyl (C=O) groups is 1. The molecule has 1 amide bonds. The van der Waals surface area contributed by atoms with E-state index >= 15 is 0 Å². The Morgan fingerprint density at radius 3 is 2.79 bits per heavy atom. The number of nitrogens with one attached hydrogen (secondary N) is 2.